The standard InChI is InChI=1S/C16H20N2O4S/c1-11-2-3-13(9-17)8-15(11)23(21,22)18-10-12-4-6-14(7-5-12)16(19)20/h2-3,8,12,14,18H,4-7,10H2,1H3,(H,19,20). The number of carboxylic acids is 1. The molecule has 0 spiro atoms. The molecule has 6 nitrogen and oxygen atoms in total. The van der Waals surface area contributed by atoms with E-state index in [1.165, 1.54) is 6.07 Å². The molecule has 1 aliphatic carbocycles. The Morgan fingerprint density at radius 3 is 2.57 bits per heavy atom. The first-order valence-electron chi connectivity index (χ1n) is 7.56. The van der Waals surface area contributed by atoms with Crippen LogP contribution in [0.2, 0.25) is 0 Å². The lowest BCUT2D eigenvalue weighted by Gasteiger charge is -2.26. The Balaban J connectivity index is 2.00. The first kappa shape index (κ1) is 17.4. The van der Waals surface area contributed by atoms with E-state index in [4.69, 9.17) is 10.4 Å². The Labute approximate surface area is 136 Å². The molecule has 0 saturated heterocycles. The summed E-state index contributed by atoms with van der Waals surface area (Å²) in [5, 5.41) is 17.9. The van der Waals surface area contributed by atoms with E-state index in [0.717, 1.165) is 0 Å². The van der Waals surface area contributed by atoms with Crippen LogP contribution < -0.4 is 4.72 Å². The molecule has 1 aromatic rings. The highest BCUT2D eigenvalue weighted by molar-refractivity contribution is 7.89. The number of nitrogens with zero attached hydrogens (tertiary/aromatic N) is 1. The third-order valence-corrected chi connectivity index (χ3v) is 5.93. The maximum absolute atomic E-state index is 12.4. The van der Waals surface area contributed by atoms with Crippen molar-refractivity contribution in [2.24, 2.45) is 11.8 Å². The summed E-state index contributed by atoms with van der Waals surface area (Å²) in [6.07, 6.45) is 2.59. The molecular weight excluding hydrogens is 316 g/mol. The zero-order valence-corrected chi connectivity index (χ0v) is 13.8. The minimum atomic E-state index is -3.67. The normalized spacial score (nSPS) is 21.6. The van der Waals surface area contributed by atoms with Gasteiger partial charge >= 0.3 is 5.97 Å². The van der Waals surface area contributed by atoms with Crippen molar-refractivity contribution in [1.82, 2.24) is 4.72 Å². The lowest BCUT2D eigenvalue weighted by atomic mass is 9.82. The van der Waals surface area contributed by atoms with E-state index in [9.17, 15) is 13.2 Å². The number of nitriles is 1. The van der Waals surface area contributed by atoms with Crippen molar-refractivity contribution in [3.8, 4) is 6.07 Å². The average Bonchev–Trinajstić information content (AvgIpc) is 2.53. The van der Waals surface area contributed by atoms with Gasteiger partial charge in [0, 0.05) is 6.54 Å². The molecule has 124 valence electrons. The molecule has 0 radical (unpaired) electrons. The molecule has 0 atom stereocenters. The maximum Gasteiger partial charge on any atom is 0.306 e. The first-order valence-corrected chi connectivity index (χ1v) is 9.05. The Hall–Kier alpha value is -1.91. The third-order valence-electron chi connectivity index (χ3n) is 4.36. The highest BCUT2D eigenvalue weighted by atomic mass is 32.2. The number of sulfonamides is 1. The molecule has 0 aliphatic heterocycles. The van der Waals surface area contributed by atoms with Crippen LogP contribution in [0.1, 0.15) is 36.8 Å². The van der Waals surface area contributed by atoms with Gasteiger partial charge in [-0.3, -0.25) is 4.79 Å². The Bertz CT molecular complexity index is 729. The lowest BCUT2D eigenvalue weighted by Crippen LogP contribution is -2.32. The summed E-state index contributed by atoms with van der Waals surface area (Å²) < 4.78 is 27.4. The van der Waals surface area contributed by atoms with Crippen molar-refractivity contribution in [3.05, 3.63) is 29.3 Å². The van der Waals surface area contributed by atoms with Gasteiger partial charge in [-0.2, -0.15) is 5.26 Å². The van der Waals surface area contributed by atoms with Crippen molar-refractivity contribution in [3.63, 3.8) is 0 Å². The third kappa shape index (κ3) is 4.30. The average molecular weight is 336 g/mol. The minimum Gasteiger partial charge on any atom is -0.481 e. The molecule has 0 amide bonds. The molecule has 23 heavy (non-hydrogen) atoms. The summed E-state index contributed by atoms with van der Waals surface area (Å²) in [6, 6.07) is 6.51. The van der Waals surface area contributed by atoms with Crippen LogP contribution in [0, 0.1) is 30.1 Å². The largest absolute Gasteiger partial charge is 0.481 e. The van der Waals surface area contributed by atoms with Crippen LogP contribution in [0.25, 0.3) is 0 Å². The molecule has 2 N–H and O–H groups in total. The smallest absolute Gasteiger partial charge is 0.306 e. The number of aliphatic carboxylic acids is 1. The number of carboxylic acid groups (broad SMARTS) is 1. The SMILES string of the molecule is Cc1ccc(C#N)cc1S(=O)(=O)NCC1CCC(C(=O)O)CC1. The number of benzene rings is 1. The van der Waals surface area contributed by atoms with Gasteiger partial charge in [0.2, 0.25) is 10.0 Å². The predicted octanol–water partition coefficient (Wildman–Crippen LogP) is 2.04. The van der Waals surface area contributed by atoms with Gasteiger partial charge < -0.3 is 5.11 Å². The van der Waals surface area contributed by atoms with E-state index in [0.29, 0.717) is 43.4 Å². The van der Waals surface area contributed by atoms with Gasteiger partial charge in [-0.15, -0.1) is 0 Å². The van der Waals surface area contributed by atoms with Crippen LogP contribution in [0.3, 0.4) is 0 Å². The molecule has 1 aromatic carbocycles. The molecule has 1 fully saturated rings. The number of carbonyl (C=O) groups is 1. The monoisotopic (exact) mass is 336 g/mol. The van der Waals surface area contributed by atoms with E-state index in [-0.39, 0.29) is 16.7 Å². The van der Waals surface area contributed by atoms with Crippen LogP contribution in [-0.4, -0.2) is 26.0 Å². The fourth-order valence-electron chi connectivity index (χ4n) is 2.88. The van der Waals surface area contributed by atoms with Gasteiger partial charge in [-0.05, 0) is 56.2 Å². The van der Waals surface area contributed by atoms with Crippen LogP contribution in [0.4, 0.5) is 0 Å². The van der Waals surface area contributed by atoms with Gasteiger partial charge in [-0.1, -0.05) is 6.07 Å². The molecule has 2 rings (SSSR count). The topological polar surface area (TPSA) is 107 Å². The quantitative estimate of drug-likeness (QED) is 0.855. The molecule has 0 heterocycles. The number of hydrogen-bond donors (Lipinski definition) is 2. The number of nitrogens with one attached hydrogen (secondary N) is 1. The Kier molecular flexibility index (Phi) is 5.39. The van der Waals surface area contributed by atoms with Gasteiger partial charge in [0.25, 0.3) is 0 Å². The van der Waals surface area contributed by atoms with Crippen molar-refractivity contribution in [1.29, 1.82) is 5.26 Å². The van der Waals surface area contributed by atoms with E-state index in [1.807, 2.05) is 6.07 Å². The van der Waals surface area contributed by atoms with Gasteiger partial charge in [0.15, 0.2) is 0 Å². The molecule has 0 aromatic heterocycles. The highest BCUT2D eigenvalue weighted by Crippen LogP contribution is 2.29. The van der Waals surface area contributed by atoms with E-state index in [2.05, 4.69) is 4.72 Å². The Morgan fingerprint density at radius 2 is 2.00 bits per heavy atom. The van der Waals surface area contributed by atoms with Gasteiger partial charge in [0.1, 0.15) is 0 Å². The zero-order chi connectivity index (χ0) is 17.0. The maximum atomic E-state index is 12.4. The van der Waals surface area contributed by atoms with Crippen molar-refractivity contribution >= 4 is 16.0 Å². The Morgan fingerprint density at radius 1 is 1.35 bits per heavy atom. The molecular formula is C16H20N2O4S. The fraction of sp³-hybridized carbons (Fsp3) is 0.500. The molecule has 0 unspecified atom stereocenters. The van der Waals surface area contributed by atoms with Gasteiger partial charge in [0.05, 0.1) is 22.4 Å². The molecule has 7 heteroatoms. The second kappa shape index (κ2) is 7.11. The first-order chi connectivity index (χ1) is 10.8. The number of rotatable bonds is 5. The van der Waals surface area contributed by atoms with Crippen LogP contribution in [0.15, 0.2) is 23.1 Å². The predicted molar refractivity (Wildman–Crippen MR) is 84.2 cm³/mol. The van der Waals surface area contributed by atoms with Crippen LogP contribution in [0.5, 0.6) is 0 Å². The van der Waals surface area contributed by atoms with Crippen LogP contribution in [-0.2, 0) is 14.8 Å². The second-order valence-electron chi connectivity index (χ2n) is 6.00. The number of aryl methyl sites for hydroxylation is 1. The fourth-order valence-corrected chi connectivity index (χ4v) is 4.26. The van der Waals surface area contributed by atoms with Crippen molar-refractivity contribution in [2.75, 3.05) is 6.54 Å². The van der Waals surface area contributed by atoms with Crippen molar-refractivity contribution in [2.45, 2.75) is 37.5 Å². The molecule has 1 saturated carbocycles. The van der Waals surface area contributed by atoms with E-state index < -0.39 is 16.0 Å². The second-order valence-corrected chi connectivity index (χ2v) is 7.74. The summed E-state index contributed by atoms with van der Waals surface area (Å²) in [5.74, 6) is -0.926. The molecule has 1 aliphatic rings. The van der Waals surface area contributed by atoms with E-state index in [1.54, 1.807) is 19.1 Å². The summed E-state index contributed by atoms with van der Waals surface area (Å²) >= 11 is 0. The minimum absolute atomic E-state index is 0.121. The summed E-state index contributed by atoms with van der Waals surface area (Å²) in [6.45, 7) is 1.98. The van der Waals surface area contributed by atoms with Crippen LogP contribution >= 0.6 is 0 Å². The van der Waals surface area contributed by atoms with Crippen molar-refractivity contribution < 1.29 is 18.3 Å². The summed E-state index contributed by atoms with van der Waals surface area (Å²) in [4.78, 5) is 11.0. The van der Waals surface area contributed by atoms with Gasteiger partial charge in [-0.25, -0.2) is 13.1 Å². The summed E-state index contributed by atoms with van der Waals surface area (Å²) in [7, 11) is -3.67. The lowest BCUT2D eigenvalue weighted by molar-refractivity contribution is -0.143. The summed E-state index contributed by atoms with van der Waals surface area (Å²) in [5.41, 5.74) is 0.893. The number of hydrogen-bond acceptors (Lipinski definition) is 4. The zero-order valence-electron chi connectivity index (χ0n) is 12.9. The van der Waals surface area contributed by atoms with E-state index >= 15 is 0 Å². The molecule has 0 bridgehead atoms. The highest BCUT2D eigenvalue weighted by Gasteiger charge is 2.27.